The van der Waals surface area contributed by atoms with Gasteiger partial charge in [0.1, 0.15) is 11.5 Å². The number of rotatable bonds is 5. The van der Waals surface area contributed by atoms with Gasteiger partial charge in [-0.1, -0.05) is 38.9 Å². The highest BCUT2D eigenvalue weighted by Gasteiger charge is 2.13. The Kier molecular flexibility index (Phi) is 5.40. The number of nitrogens with zero attached hydrogens (tertiary/aromatic N) is 2. The van der Waals surface area contributed by atoms with E-state index in [2.05, 4.69) is 31.4 Å². The van der Waals surface area contributed by atoms with Crippen LogP contribution in [0.5, 0.6) is 0 Å². The third-order valence-corrected chi connectivity index (χ3v) is 5.88. The van der Waals surface area contributed by atoms with Gasteiger partial charge in [0.15, 0.2) is 5.76 Å². The Morgan fingerprint density at radius 3 is 2.86 bits per heavy atom. The molecule has 2 heterocycles. The zero-order chi connectivity index (χ0) is 20.5. The molecule has 29 heavy (non-hydrogen) atoms. The van der Waals surface area contributed by atoms with Crippen molar-refractivity contribution in [2.24, 2.45) is 5.10 Å². The normalized spacial score (nSPS) is 11.8. The summed E-state index contributed by atoms with van der Waals surface area (Å²) in [5, 5.41) is 14.4. The first-order valence-electron chi connectivity index (χ1n) is 8.40. The van der Waals surface area contributed by atoms with Crippen LogP contribution in [0.1, 0.15) is 23.0 Å². The lowest BCUT2D eigenvalue weighted by Gasteiger charge is -2.02. The molecule has 146 valence electrons. The van der Waals surface area contributed by atoms with Crippen LogP contribution in [0.3, 0.4) is 0 Å². The first kappa shape index (κ1) is 19.6. The molecular weight excluding hydrogens is 478 g/mol. The van der Waals surface area contributed by atoms with Crippen molar-refractivity contribution >= 4 is 65.9 Å². The SMILES string of the molecule is C/C(=N\Nc1nc2cc(Br)ccc2s1)c1ccc(-c2ccc(Cl)c(C(=O)O)c2)o1. The quantitative estimate of drug-likeness (QED) is 0.246. The Morgan fingerprint density at radius 1 is 1.24 bits per heavy atom. The molecule has 2 N–H and O–H groups in total. The number of aromatic nitrogens is 1. The smallest absolute Gasteiger partial charge is 0.337 e. The number of carboxylic acid groups (broad SMARTS) is 1. The number of thiazole rings is 1. The summed E-state index contributed by atoms with van der Waals surface area (Å²) >= 11 is 10.9. The van der Waals surface area contributed by atoms with Crippen LogP contribution in [-0.2, 0) is 0 Å². The molecule has 0 spiro atoms. The Hall–Kier alpha value is -2.68. The van der Waals surface area contributed by atoms with E-state index in [1.807, 2.05) is 25.1 Å². The number of nitrogens with one attached hydrogen (secondary N) is 1. The maximum Gasteiger partial charge on any atom is 0.337 e. The van der Waals surface area contributed by atoms with Crippen molar-refractivity contribution in [3.05, 3.63) is 69.3 Å². The van der Waals surface area contributed by atoms with Crippen molar-refractivity contribution in [1.29, 1.82) is 0 Å². The maximum atomic E-state index is 11.3. The predicted octanol–water partition coefficient (Wildman–Crippen LogP) is 6.51. The van der Waals surface area contributed by atoms with E-state index in [1.165, 1.54) is 23.5 Å². The average Bonchev–Trinajstić information content (AvgIpc) is 3.33. The summed E-state index contributed by atoms with van der Waals surface area (Å²) in [5.41, 5.74) is 5.12. The van der Waals surface area contributed by atoms with E-state index in [4.69, 9.17) is 16.0 Å². The molecule has 4 rings (SSSR count). The second-order valence-electron chi connectivity index (χ2n) is 6.10. The highest BCUT2D eigenvalue weighted by molar-refractivity contribution is 9.10. The van der Waals surface area contributed by atoms with E-state index >= 15 is 0 Å². The first-order valence-corrected chi connectivity index (χ1v) is 10.4. The molecule has 0 aliphatic carbocycles. The van der Waals surface area contributed by atoms with E-state index in [9.17, 15) is 9.90 Å². The lowest BCUT2D eigenvalue weighted by molar-refractivity contribution is 0.0697. The summed E-state index contributed by atoms with van der Waals surface area (Å²) in [7, 11) is 0. The molecule has 0 saturated carbocycles. The fraction of sp³-hybridized carbons (Fsp3) is 0.0500. The summed E-state index contributed by atoms with van der Waals surface area (Å²) in [4.78, 5) is 15.8. The van der Waals surface area contributed by atoms with Crippen LogP contribution in [-0.4, -0.2) is 21.8 Å². The molecule has 0 aliphatic rings. The van der Waals surface area contributed by atoms with Crippen molar-refractivity contribution in [2.75, 3.05) is 5.43 Å². The zero-order valence-corrected chi connectivity index (χ0v) is 18.1. The van der Waals surface area contributed by atoms with Crippen molar-refractivity contribution in [1.82, 2.24) is 4.98 Å². The third kappa shape index (κ3) is 4.19. The summed E-state index contributed by atoms with van der Waals surface area (Å²) in [6.07, 6.45) is 0. The summed E-state index contributed by atoms with van der Waals surface area (Å²) < 4.78 is 7.87. The number of furan rings is 1. The van der Waals surface area contributed by atoms with Crippen LogP contribution in [0.4, 0.5) is 5.13 Å². The molecule has 9 heteroatoms. The number of hydrogen-bond donors (Lipinski definition) is 2. The molecule has 0 amide bonds. The summed E-state index contributed by atoms with van der Waals surface area (Å²) in [5.74, 6) is -0.00447. The molecule has 0 aliphatic heterocycles. The van der Waals surface area contributed by atoms with Gasteiger partial charge in [0.25, 0.3) is 0 Å². The van der Waals surface area contributed by atoms with Crippen LogP contribution < -0.4 is 5.43 Å². The van der Waals surface area contributed by atoms with Crippen LogP contribution >= 0.6 is 38.9 Å². The number of carbonyl (C=O) groups is 1. The Bertz CT molecular complexity index is 1270. The van der Waals surface area contributed by atoms with Gasteiger partial charge in [0.05, 0.1) is 20.8 Å². The highest BCUT2D eigenvalue weighted by Crippen LogP contribution is 2.29. The number of fused-ring (bicyclic) bond motifs is 1. The monoisotopic (exact) mass is 489 g/mol. The van der Waals surface area contributed by atoms with Crippen LogP contribution in [0.15, 0.2) is 62.5 Å². The van der Waals surface area contributed by atoms with Crippen LogP contribution in [0, 0.1) is 0 Å². The molecule has 4 aromatic rings. The minimum absolute atomic E-state index is 0.0247. The Morgan fingerprint density at radius 2 is 2.07 bits per heavy atom. The third-order valence-electron chi connectivity index (χ3n) is 4.11. The number of hydrogen-bond acceptors (Lipinski definition) is 6. The lowest BCUT2D eigenvalue weighted by Crippen LogP contribution is -1.98. The van der Waals surface area contributed by atoms with E-state index in [0.717, 1.165) is 14.7 Å². The molecule has 0 radical (unpaired) electrons. The standard InChI is InChI=1S/C20H13BrClN3O3S/c1-10(24-25-20-23-15-9-12(21)3-7-18(15)29-20)16-5-6-17(28-16)11-2-4-14(22)13(8-11)19(26)27/h2-9H,1H3,(H,23,25)(H,26,27)/b24-10+. The summed E-state index contributed by atoms with van der Waals surface area (Å²) in [6, 6.07) is 14.2. The van der Waals surface area contributed by atoms with Gasteiger partial charge < -0.3 is 9.52 Å². The molecule has 0 atom stereocenters. The van der Waals surface area contributed by atoms with Gasteiger partial charge >= 0.3 is 5.97 Å². The van der Waals surface area contributed by atoms with Gasteiger partial charge in [0, 0.05) is 10.0 Å². The van der Waals surface area contributed by atoms with Gasteiger partial charge in [-0.05, 0) is 55.5 Å². The maximum absolute atomic E-state index is 11.3. The molecule has 6 nitrogen and oxygen atoms in total. The summed E-state index contributed by atoms with van der Waals surface area (Å²) in [6.45, 7) is 1.81. The van der Waals surface area contributed by atoms with Crippen molar-refractivity contribution in [3.8, 4) is 11.3 Å². The predicted molar refractivity (Wildman–Crippen MR) is 119 cm³/mol. The van der Waals surface area contributed by atoms with E-state index in [1.54, 1.807) is 18.2 Å². The van der Waals surface area contributed by atoms with Crippen molar-refractivity contribution < 1.29 is 14.3 Å². The number of carboxylic acids is 1. The fourth-order valence-electron chi connectivity index (χ4n) is 2.67. The number of benzene rings is 2. The van der Waals surface area contributed by atoms with E-state index in [-0.39, 0.29) is 10.6 Å². The highest BCUT2D eigenvalue weighted by atomic mass is 79.9. The average molecular weight is 491 g/mol. The second kappa shape index (κ2) is 7.98. The van der Waals surface area contributed by atoms with Crippen molar-refractivity contribution in [2.45, 2.75) is 6.92 Å². The largest absolute Gasteiger partial charge is 0.478 e. The second-order valence-corrected chi connectivity index (χ2v) is 8.46. The fourth-order valence-corrected chi connectivity index (χ4v) is 4.00. The lowest BCUT2D eigenvalue weighted by atomic mass is 10.1. The first-order chi connectivity index (χ1) is 13.9. The molecule has 2 aromatic heterocycles. The molecular formula is C20H13BrClN3O3S. The topological polar surface area (TPSA) is 87.7 Å². The minimum Gasteiger partial charge on any atom is -0.478 e. The van der Waals surface area contributed by atoms with E-state index in [0.29, 0.717) is 27.9 Å². The molecule has 0 saturated heterocycles. The number of halogens is 2. The van der Waals surface area contributed by atoms with Gasteiger partial charge in [-0.2, -0.15) is 5.10 Å². The van der Waals surface area contributed by atoms with Crippen LogP contribution in [0.25, 0.3) is 21.5 Å². The Balaban J connectivity index is 1.55. The van der Waals surface area contributed by atoms with E-state index < -0.39 is 5.97 Å². The van der Waals surface area contributed by atoms with Gasteiger partial charge in [0.2, 0.25) is 5.13 Å². The number of hydrazone groups is 1. The van der Waals surface area contributed by atoms with Gasteiger partial charge in [-0.3, -0.25) is 5.43 Å². The zero-order valence-electron chi connectivity index (χ0n) is 14.9. The molecule has 0 fully saturated rings. The number of aromatic carboxylic acids is 1. The van der Waals surface area contributed by atoms with Gasteiger partial charge in [-0.25, -0.2) is 9.78 Å². The molecule has 0 bridgehead atoms. The van der Waals surface area contributed by atoms with Gasteiger partial charge in [-0.15, -0.1) is 0 Å². The molecule has 2 aromatic carbocycles. The number of anilines is 1. The molecule has 0 unspecified atom stereocenters. The van der Waals surface area contributed by atoms with Crippen LogP contribution in [0.2, 0.25) is 5.02 Å². The Labute approximate surface area is 183 Å². The van der Waals surface area contributed by atoms with Crippen molar-refractivity contribution in [3.63, 3.8) is 0 Å². The minimum atomic E-state index is -1.09.